The van der Waals surface area contributed by atoms with Gasteiger partial charge in [-0.25, -0.2) is 8.42 Å². The molecular weight excluding hydrogens is 174 g/mol. The SMILES string of the molecule is O=S1(=O)C[C@@H]2[C@@H]3CNC[C@@H]3[C@@H]2C1. The van der Waals surface area contributed by atoms with Crippen LogP contribution in [0, 0.1) is 23.7 Å². The summed E-state index contributed by atoms with van der Waals surface area (Å²) >= 11 is 0. The Morgan fingerprint density at radius 1 is 0.917 bits per heavy atom. The van der Waals surface area contributed by atoms with E-state index in [2.05, 4.69) is 5.32 Å². The summed E-state index contributed by atoms with van der Waals surface area (Å²) < 4.78 is 22.6. The van der Waals surface area contributed by atoms with Crippen LogP contribution in [0.15, 0.2) is 0 Å². The van der Waals surface area contributed by atoms with Crippen LogP contribution in [0.1, 0.15) is 0 Å². The van der Waals surface area contributed by atoms with E-state index in [1.165, 1.54) is 0 Å². The monoisotopic (exact) mass is 187 g/mol. The molecule has 68 valence electrons. The van der Waals surface area contributed by atoms with Crippen LogP contribution in [0.4, 0.5) is 0 Å². The molecule has 3 rings (SSSR count). The summed E-state index contributed by atoms with van der Waals surface area (Å²) in [6, 6.07) is 0. The average molecular weight is 187 g/mol. The first-order valence-corrected chi connectivity index (χ1v) is 6.41. The van der Waals surface area contributed by atoms with E-state index in [4.69, 9.17) is 0 Å². The first-order chi connectivity index (χ1) is 5.67. The molecule has 12 heavy (non-hydrogen) atoms. The van der Waals surface area contributed by atoms with Gasteiger partial charge in [-0.15, -0.1) is 0 Å². The van der Waals surface area contributed by atoms with Crippen molar-refractivity contribution in [2.24, 2.45) is 23.7 Å². The molecule has 0 aromatic rings. The molecule has 1 N–H and O–H groups in total. The van der Waals surface area contributed by atoms with Gasteiger partial charge < -0.3 is 5.32 Å². The minimum atomic E-state index is -2.65. The van der Waals surface area contributed by atoms with E-state index in [0.29, 0.717) is 35.2 Å². The molecule has 0 unspecified atom stereocenters. The van der Waals surface area contributed by atoms with Gasteiger partial charge in [0.1, 0.15) is 0 Å². The van der Waals surface area contributed by atoms with Gasteiger partial charge in [0.05, 0.1) is 11.5 Å². The van der Waals surface area contributed by atoms with Crippen LogP contribution in [-0.2, 0) is 9.84 Å². The molecule has 4 atom stereocenters. The summed E-state index contributed by atoms with van der Waals surface area (Å²) in [6.07, 6.45) is 0. The van der Waals surface area contributed by atoms with Gasteiger partial charge in [0.25, 0.3) is 0 Å². The maximum absolute atomic E-state index is 11.3. The zero-order valence-electron chi connectivity index (χ0n) is 6.86. The molecule has 3 nitrogen and oxygen atoms in total. The van der Waals surface area contributed by atoms with Crippen molar-refractivity contribution in [1.82, 2.24) is 5.32 Å². The van der Waals surface area contributed by atoms with Crippen LogP contribution in [0.5, 0.6) is 0 Å². The second-order valence-electron chi connectivity index (χ2n) is 4.39. The Morgan fingerprint density at radius 3 is 1.92 bits per heavy atom. The van der Waals surface area contributed by atoms with Crippen LogP contribution in [0.3, 0.4) is 0 Å². The van der Waals surface area contributed by atoms with E-state index < -0.39 is 9.84 Å². The van der Waals surface area contributed by atoms with Gasteiger partial charge >= 0.3 is 0 Å². The van der Waals surface area contributed by atoms with E-state index in [-0.39, 0.29) is 0 Å². The summed E-state index contributed by atoms with van der Waals surface area (Å²) in [5.41, 5.74) is 0. The van der Waals surface area contributed by atoms with E-state index in [1.54, 1.807) is 0 Å². The quantitative estimate of drug-likeness (QED) is 0.556. The lowest BCUT2D eigenvalue weighted by atomic mass is 9.60. The summed E-state index contributed by atoms with van der Waals surface area (Å²) in [7, 11) is -2.65. The molecule has 0 amide bonds. The Hall–Kier alpha value is -0.0900. The zero-order chi connectivity index (χ0) is 8.34. The Morgan fingerprint density at radius 2 is 1.42 bits per heavy atom. The number of fused-ring (bicyclic) bond motifs is 4. The standard InChI is InChI=1S/C8H13NO2S/c10-12(11)3-7-5-1-9-2-6(5)8(7)4-12/h5-9H,1-4H2/t5-,6+,7-,8+. The van der Waals surface area contributed by atoms with Crippen molar-refractivity contribution < 1.29 is 8.42 Å². The summed E-state index contributed by atoms with van der Waals surface area (Å²) in [4.78, 5) is 0. The van der Waals surface area contributed by atoms with Gasteiger partial charge in [-0.1, -0.05) is 0 Å². The van der Waals surface area contributed by atoms with Gasteiger partial charge in [-0.3, -0.25) is 0 Å². The van der Waals surface area contributed by atoms with E-state index in [0.717, 1.165) is 13.1 Å². The highest BCUT2D eigenvalue weighted by molar-refractivity contribution is 7.91. The van der Waals surface area contributed by atoms with Crippen LogP contribution in [0.25, 0.3) is 0 Å². The maximum Gasteiger partial charge on any atom is 0.150 e. The molecule has 0 spiro atoms. The lowest BCUT2D eigenvalue weighted by Crippen LogP contribution is -2.44. The molecule has 3 aliphatic rings. The Bertz CT molecular complexity index is 287. The van der Waals surface area contributed by atoms with E-state index in [1.807, 2.05) is 0 Å². The summed E-state index contributed by atoms with van der Waals surface area (Å²) in [5, 5.41) is 3.35. The Labute approximate surface area is 72.5 Å². The third kappa shape index (κ3) is 0.773. The molecule has 0 radical (unpaired) electrons. The van der Waals surface area contributed by atoms with Crippen molar-refractivity contribution >= 4 is 9.84 Å². The molecule has 2 saturated heterocycles. The van der Waals surface area contributed by atoms with Gasteiger partial charge in [0, 0.05) is 0 Å². The first kappa shape index (κ1) is 7.33. The van der Waals surface area contributed by atoms with Crippen molar-refractivity contribution in [2.45, 2.75) is 0 Å². The lowest BCUT2D eigenvalue weighted by Gasteiger charge is -2.43. The normalized spacial score (nSPS) is 54.3. The van der Waals surface area contributed by atoms with Crippen molar-refractivity contribution in [3.8, 4) is 0 Å². The third-order valence-corrected chi connectivity index (χ3v) is 5.64. The van der Waals surface area contributed by atoms with Gasteiger partial charge in [0.15, 0.2) is 9.84 Å². The molecular formula is C8H13NO2S. The lowest BCUT2D eigenvalue weighted by molar-refractivity contribution is 0.0629. The predicted octanol–water partition coefficient (Wildman–Crippen LogP) is -0.504. The predicted molar refractivity (Wildman–Crippen MR) is 45.5 cm³/mol. The Kier molecular flexibility index (Phi) is 1.25. The molecule has 0 aromatic heterocycles. The highest BCUT2D eigenvalue weighted by atomic mass is 32.2. The number of rotatable bonds is 0. The van der Waals surface area contributed by atoms with Crippen LogP contribution < -0.4 is 5.32 Å². The Balaban J connectivity index is 1.90. The fourth-order valence-corrected chi connectivity index (χ4v) is 5.59. The largest absolute Gasteiger partial charge is 0.316 e. The highest BCUT2D eigenvalue weighted by Crippen LogP contribution is 2.52. The summed E-state index contributed by atoms with van der Waals surface area (Å²) in [6.45, 7) is 2.11. The molecule has 1 saturated carbocycles. The molecule has 0 aromatic carbocycles. The fraction of sp³-hybridized carbons (Fsp3) is 1.00. The van der Waals surface area contributed by atoms with E-state index >= 15 is 0 Å². The van der Waals surface area contributed by atoms with Crippen LogP contribution in [-0.4, -0.2) is 33.0 Å². The summed E-state index contributed by atoms with van der Waals surface area (Å²) in [5.74, 6) is 3.34. The molecule has 1 aliphatic carbocycles. The first-order valence-electron chi connectivity index (χ1n) is 4.58. The second-order valence-corrected chi connectivity index (χ2v) is 6.54. The molecule has 2 heterocycles. The minimum Gasteiger partial charge on any atom is -0.316 e. The van der Waals surface area contributed by atoms with Gasteiger partial charge in [-0.2, -0.15) is 0 Å². The zero-order valence-corrected chi connectivity index (χ0v) is 7.68. The molecule has 3 fully saturated rings. The van der Waals surface area contributed by atoms with Gasteiger partial charge in [0.2, 0.25) is 0 Å². The fourth-order valence-electron chi connectivity index (χ4n) is 3.30. The maximum atomic E-state index is 11.3. The molecule has 4 heteroatoms. The highest BCUT2D eigenvalue weighted by Gasteiger charge is 2.58. The topological polar surface area (TPSA) is 46.2 Å². The van der Waals surface area contributed by atoms with Crippen molar-refractivity contribution in [1.29, 1.82) is 0 Å². The molecule has 0 bridgehead atoms. The van der Waals surface area contributed by atoms with Gasteiger partial charge in [-0.05, 0) is 36.8 Å². The number of sulfone groups is 1. The minimum absolute atomic E-state index is 0.473. The van der Waals surface area contributed by atoms with Crippen LogP contribution in [0.2, 0.25) is 0 Å². The number of hydrogen-bond donors (Lipinski definition) is 1. The van der Waals surface area contributed by atoms with Crippen LogP contribution >= 0.6 is 0 Å². The third-order valence-electron chi connectivity index (χ3n) is 3.85. The van der Waals surface area contributed by atoms with Crippen molar-refractivity contribution in [2.75, 3.05) is 24.6 Å². The van der Waals surface area contributed by atoms with E-state index in [9.17, 15) is 8.42 Å². The average Bonchev–Trinajstić information content (AvgIpc) is 2.49. The second kappa shape index (κ2) is 2.04. The number of nitrogens with one attached hydrogen (secondary N) is 1. The number of hydrogen-bond acceptors (Lipinski definition) is 3. The smallest absolute Gasteiger partial charge is 0.150 e. The van der Waals surface area contributed by atoms with Crippen molar-refractivity contribution in [3.63, 3.8) is 0 Å². The van der Waals surface area contributed by atoms with Crippen molar-refractivity contribution in [3.05, 3.63) is 0 Å². The molecule has 2 aliphatic heterocycles.